The number of alkyl carbamates (subject to hydrolysis) is 1. The summed E-state index contributed by atoms with van der Waals surface area (Å²) < 4.78 is 5.24. The summed E-state index contributed by atoms with van der Waals surface area (Å²) in [5, 5.41) is 2.85. The lowest BCUT2D eigenvalue weighted by Crippen LogP contribution is -2.33. The van der Waals surface area contributed by atoms with E-state index in [1.54, 1.807) is 0 Å². The first-order chi connectivity index (χ1) is 10.6. The zero-order valence-corrected chi connectivity index (χ0v) is 16.8. The van der Waals surface area contributed by atoms with Crippen molar-refractivity contribution in [3.05, 3.63) is 0 Å². The molecule has 0 rings (SSSR count). The molecular weight excluding hydrogens is 286 g/mol. The maximum atomic E-state index is 11.6. The Morgan fingerprint density at radius 3 is 2.04 bits per heavy atom. The molecule has 3 heteroatoms. The summed E-state index contributed by atoms with van der Waals surface area (Å²) in [6, 6.07) is 0. The van der Waals surface area contributed by atoms with Gasteiger partial charge < -0.3 is 10.1 Å². The largest absolute Gasteiger partial charge is 0.444 e. The van der Waals surface area contributed by atoms with E-state index < -0.39 is 5.60 Å². The molecule has 0 atom stereocenters. The molecule has 0 radical (unpaired) electrons. The van der Waals surface area contributed by atoms with Crippen LogP contribution in [0, 0.1) is 11.3 Å². The SMILES string of the molecule is CCC(CC)CCCCC(C)(C)CCCNC(=O)OC(C)(C)C. The van der Waals surface area contributed by atoms with Crippen molar-refractivity contribution in [1.82, 2.24) is 5.32 Å². The number of hydrogen-bond acceptors (Lipinski definition) is 2. The smallest absolute Gasteiger partial charge is 0.407 e. The lowest BCUT2D eigenvalue weighted by molar-refractivity contribution is 0.0525. The maximum Gasteiger partial charge on any atom is 0.407 e. The van der Waals surface area contributed by atoms with E-state index >= 15 is 0 Å². The number of nitrogens with one attached hydrogen (secondary N) is 1. The van der Waals surface area contributed by atoms with Crippen LogP contribution < -0.4 is 5.32 Å². The van der Waals surface area contributed by atoms with Crippen LogP contribution in [-0.4, -0.2) is 18.2 Å². The van der Waals surface area contributed by atoms with E-state index in [0.29, 0.717) is 12.0 Å². The molecule has 0 heterocycles. The van der Waals surface area contributed by atoms with E-state index in [4.69, 9.17) is 4.74 Å². The van der Waals surface area contributed by atoms with Crippen molar-refractivity contribution in [1.29, 1.82) is 0 Å². The first kappa shape index (κ1) is 22.3. The molecule has 0 bridgehead atoms. The highest BCUT2D eigenvalue weighted by Crippen LogP contribution is 2.30. The minimum atomic E-state index is -0.418. The third-order valence-corrected chi connectivity index (χ3v) is 4.57. The van der Waals surface area contributed by atoms with Crippen LogP contribution in [0.5, 0.6) is 0 Å². The monoisotopic (exact) mass is 327 g/mol. The molecule has 0 aliphatic rings. The molecule has 0 aliphatic heterocycles. The average molecular weight is 328 g/mol. The Morgan fingerprint density at radius 1 is 0.957 bits per heavy atom. The maximum absolute atomic E-state index is 11.6. The summed E-state index contributed by atoms with van der Waals surface area (Å²) in [5.74, 6) is 0.913. The number of ether oxygens (including phenoxy) is 1. The Balaban J connectivity index is 3.77. The summed E-state index contributed by atoms with van der Waals surface area (Å²) in [6.07, 6.45) is 9.82. The summed E-state index contributed by atoms with van der Waals surface area (Å²) in [4.78, 5) is 11.6. The molecule has 0 unspecified atom stereocenters. The molecule has 0 saturated carbocycles. The van der Waals surface area contributed by atoms with Crippen molar-refractivity contribution >= 4 is 6.09 Å². The zero-order chi connectivity index (χ0) is 17.9. The normalized spacial score (nSPS) is 12.5. The Bertz CT molecular complexity index is 314. The third-order valence-electron chi connectivity index (χ3n) is 4.57. The van der Waals surface area contributed by atoms with Gasteiger partial charge in [0.2, 0.25) is 0 Å². The highest BCUT2D eigenvalue weighted by Gasteiger charge is 2.18. The second-order valence-corrected chi connectivity index (χ2v) is 8.62. The van der Waals surface area contributed by atoms with Crippen molar-refractivity contribution < 1.29 is 9.53 Å². The van der Waals surface area contributed by atoms with E-state index in [-0.39, 0.29) is 6.09 Å². The van der Waals surface area contributed by atoms with Gasteiger partial charge in [0.25, 0.3) is 0 Å². The van der Waals surface area contributed by atoms with Crippen LogP contribution in [0.4, 0.5) is 4.79 Å². The van der Waals surface area contributed by atoms with Gasteiger partial charge in [0.1, 0.15) is 5.60 Å². The standard InChI is InChI=1S/C20H41NO2/c1-8-17(9-2)13-10-11-14-20(6,7)15-12-16-21-18(22)23-19(3,4)5/h17H,8-16H2,1-7H3,(H,21,22). The number of rotatable bonds is 11. The summed E-state index contributed by atoms with van der Waals surface area (Å²) >= 11 is 0. The minimum absolute atomic E-state index is 0.305. The average Bonchev–Trinajstić information content (AvgIpc) is 2.42. The molecule has 0 aromatic rings. The lowest BCUT2D eigenvalue weighted by Gasteiger charge is -2.25. The minimum Gasteiger partial charge on any atom is -0.444 e. The van der Waals surface area contributed by atoms with E-state index in [0.717, 1.165) is 18.8 Å². The fourth-order valence-electron chi connectivity index (χ4n) is 2.93. The molecule has 0 aromatic heterocycles. The number of hydrogen-bond donors (Lipinski definition) is 1. The van der Waals surface area contributed by atoms with Crippen LogP contribution in [0.15, 0.2) is 0 Å². The van der Waals surface area contributed by atoms with Crippen LogP contribution in [0.1, 0.15) is 99.8 Å². The molecular formula is C20H41NO2. The van der Waals surface area contributed by atoms with Gasteiger partial charge in [-0.25, -0.2) is 4.79 Å². The highest BCUT2D eigenvalue weighted by molar-refractivity contribution is 5.67. The summed E-state index contributed by atoms with van der Waals surface area (Å²) in [7, 11) is 0. The van der Waals surface area contributed by atoms with Crippen LogP contribution in [0.2, 0.25) is 0 Å². The van der Waals surface area contributed by atoms with Gasteiger partial charge in [0.05, 0.1) is 0 Å². The first-order valence-electron chi connectivity index (χ1n) is 9.56. The summed E-state index contributed by atoms with van der Waals surface area (Å²) in [5.41, 5.74) is -0.0538. The fourth-order valence-corrected chi connectivity index (χ4v) is 2.93. The predicted molar refractivity (Wildman–Crippen MR) is 99.8 cm³/mol. The molecule has 23 heavy (non-hydrogen) atoms. The highest BCUT2D eigenvalue weighted by atomic mass is 16.6. The second kappa shape index (κ2) is 10.9. The molecule has 1 N–H and O–H groups in total. The van der Waals surface area contributed by atoms with E-state index in [1.165, 1.54) is 38.5 Å². The van der Waals surface area contributed by atoms with Crippen LogP contribution in [0.25, 0.3) is 0 Å². The second-order valence-electron chi connectivity index (χ2n) is 8.62. The number of unbranched alkanes of at least 4 members (excludes halogenated alkanes) is 1. The Labute approximate surface area is 144 Å². The Morgan fingerprint density at radius 2 is 1.52 bits per heavy atom. The zero-order valence-electron chi connectivity index (χ0n) is 16.8. The molecule has 138 valence electrons. The van der Waals surface area contributed by atoms with Gasteiger partial charge in [-0.15, -0.1) is 0 Å². The Kier molecular flexibility index (Phi) is 10.6. The van der Waals surface area contributed by atoms with Crippen molar-refractivity contribution in [3.8, 4) is 0 Å². The van der Waals surface area contributed by atoms with Gasteiger partial charge in [-0.1, -0.05) is 59.8 Å². The fraction of sp³-hybridized carbons (Fsp3) is 0.950. The molecule has 0 saturated heterocycles. The molecule has 0 aliphatic carbocycles. The lowest BCUT2D eigenvalue weighted by atomic mass is 9.82. The van der Waals surface area contributed by atoms with Crippen molar-refractivity contribution in [3.63, 3.8) is 0 Å². The van der Waals surface area contributed by atoms with Crippen LogP contribution in [0.3, 0.4) is 0 Å². The summed E-state index contributed by atoms with van der Waals surface area (Å²) in [6.45, 7) is 15.7. The first-order valence-corrected chi connectivity index (χ1v) is 9.56. The van der Waals surface area contributed by atoms with Gasteiger partial charge in [0.15, 0.2) is 0 Å². The van der Waals surface area contributed by atoms with Gasteiger partial charge in [-0.05, 0) is 51.4 Å². The molecule has 0 fully saturated rings. The van der Waals surface area contributed by atoms with E-state index in [9.17, 15) is 4.79 Å². The molecule has 0 aromatic carbocycles. The quantitative estimate of drug-likeness (QED) is 0.451. The number of amides is 1. The van der Waals surface area contributed by atoms with Crippen molar-refractivity contribution in [2.24, 2.45) is 11.3 Å². The van der Waals surface area contributed by atoms with Gasteiger partial charge in [-0.3, -0.25) is 0 Å². The number of carbonyl (C=O) groups excluding carboxylic acids is 1. The molecule has 0 spiro atoms. The third kappa shape index (κ3) is 13.4. The topological polar surface area (TPSA) is 38.3 Å². The van der Waals surface area contributed by atoms with Gasteiger partial charge >= 0.3 is 6.09 Å². The van der Waals surface area contributed by atoms with Gasteiger partial charge in [0, 0.05) is 6.54 Å². The molecule has 1 amide bonds. The molecule has 3 nitrogen and oxygen atoms in total. The van der Waals surface area contributed by atoms with Crippen molar-refractivity contribution in [2.45, 2.75) is 105 Å². The van der Waals surface area contributed by atoms with E-state index in [2.05, 4.69) is 33.0 Å². The van der Waals surface area contributed by atoms with Crippen LogP contribution in [-0.2, 0) is 4.74 Å². The number of carbonyl (C=O) groups is 1. The predicted octanol–water partition coefficient (Wildman–Crippen LogP) is 6.31. The van der Waals surface area contributed by atoms with Crippen LogP contribution >= 0.6 is 0 Å². The Hall–Kier alpha value is -0.730. The van der Waals surface area contributed by atoms with Gasteiger partial charge in [-0.2, -0.15) is 0 Å². The van der Waals surface area contributed by atoms with E-state index in [1.807, 2.05) is 20.8 Å². The van der Waals surface area contributed by atoms with Crippen molar-refractivity contribution in [2.75, 3.05) is 6.54 Å².